The molecule has 0 bridgehead atoms. The molecule has 74 heavy (non-hydrogen) atoms. The number of ether oxygens (including phenoxy) is 13. The summed E-state index contributed by atoms with van der Waals surface area (Å²) in [5, 5.41) is 7.58. The van der Waals surface area contributed by atoms with E-state index in [0.717, 1.165) is 41.5 Å². The van der Waals surface area contributed by atoms with Crippen molar-refractivity contribution < 1.29 is 114 Å². The van der Waals surface area contributed by atoms with Crippen LogP contribution >= 0.6 is 0 Å². The molecule has 418 valence electrons. The monoisotopic (exact) mass is 1060 g/mol. The lowest BCUT2D eigenvalue weighted by Gasteiger charge is -2.44. The summed E-state index contributed by atoms with van der Waals surface area (Å²) in [5.74, 6) is -11.0. The first-order valence-electron chi connectivity index (χ1n) is 23.6. The maximum Gasteiger partial charge on any atom is 0.407 e. The molecule has 29 heteroatoms. The maximum absolute atomic E-state index is 13.6. The average molecular weight is 1060 g/mol. The minimum Gasteiger partial charge on any atom is -0.463 e. The van der Waals surface area contributed by atoms with E-state index >= 15 is 0 Å². The molecule has 29 nitrogen and oxygen atoms in total. The first kappa shape index (κ1) is 62.0. The van der Waals surface area contributed by atoms with E-state index in [0.29, 0.717) is 0 Å². The zero-order valence-electron chi connectivity index (χ0n) is 42.6. The summed E-state index contributed by atoms with van der Waals surface area (Å²) in [6, 6.07) is -1.51. The van der Waals surface area contributed by atoms with Gasteiger partial charge in [-0.3, -0.25) is 47.9 Å². The van der Waals surface area contributed by atoms with Crippen LogP contribution in [-0.4, -0.2) is 185 Å². The van der Waals surface area contributed by atoms with Gasteiger partial charge < -0.3 is 89.0 Å². The molecule has 3 aliphatic rings. The van der Waals surface area contributed by atoms with Crippen LogP contribution in [0.3, 0.4) is 0 Å². The molecular formula is C45H69N5O24. The first-order chi connectivity index (χ1) is 34.7. The van der Waals surface area contributed by atoms with Gasteiger partial charge in [0.15, 0.2) is 30.6 Å². The van der Waals surface area contributed by atoms with Gasteiger partial charge >= 0.3 is 41.9 Å². The maximum atomic E-state index is 13.6. The van der Waals surface area contributed by atoms with Crippen molar-refractivity contribution in [2.24, 2.45) is 23.3 Å². The highest BCUT2D eigenvalue weighted by molar-refractivity contribution is 5.91. The molecule has 12 atom stereocenters. The zero-order valence-corrected chi connectivity index (χ0v) is 42.6. The van der Waals surface area contributed by atoms with E-state index in [2.05, 4.69) is 16.0 Å². The molecule has 5 amide bonds. The van der Waals surface area contributed by atoms with E-state index < -0.39 is 177 Å². The summed E-state index contributed by atoms with van der Waals surface area (Å²) in [4.78, 5) is 136. The number of carbonyl (C=O) groups is 11. The Morgan fingerprint density at radius 3 is 1.41 bits per heavy atom. The molecule has 0 spiro atoms. The van der Waals surface area contributed by atoms with Crippen LogP contribution in [0.4, 0.5) is 4.79 Å². The highest BCUT2D eigenvalue weighted by Gasteiger charge is 2.52. The van der Waals surface area contributed by atoms with Crippen LogP contribution in [0.15, 0.2) is 0 Å². The van der Waals surface area contributed by atoms with Gasteiger partial charge in [-0.1, -0.05) is 0 Å². The summed E-state index contributed by atoms with van der Waals surface area (Å²) >= 11 is 0. The Morgan fingerprint density at radius 2 is 1.01 bits per heavy atom. The number of carbonyl (C=O) groups excluding carboxylic acids is 11. The number of nitrogens with one attached hydrogen (secondary N) is 3. The Labute approximate surface area is 425 Å². The van der Waals surface area contributed by atoms with Crippen molar-refractivity contribution in [1.29, 1.82) is 0 Å². The molecule has 0 aromatic rings. The second-order valence-corrected chi connectivity index (χ2v) is 17.7. The SMILES string of the molecule is CC(=O)OC[C@H]1O[C@@H](OCCCNC(=O)C[C@H](NC(=O)OC[C@H]2COC(C)(C)O2)C(=O)NCCCO[C@@H]2O[C@H](COC(C)=O)[C@H](OC(C)=O)[C@H](OC(C)=O)[C@H]2CC(N)=O)[C@H](CC(N)=O)[C@@H](OC(C)=O)[C@H]1OC(C)=O. The minimum absolute atomic E-state index is 0.0504. The van der Waals surface area contributed by atoms with Gasteiger partial charge in [0, 0.05) is 67.5 Å². The van der Waals surface area contributed by atoms with Crippen LogP contribution in [0, 0.1) is 11.8 Å². The third kappa shape index (κ3) is 22.1. The third-order valence-corrected chi connectivity index (χ3v) is 10.8. The second-order valence-electron chi connectivity index (χ2n) is 17.7. The van der Waals surface area contributed by atoms with Crippen LogP contribution in [0.1, 0.15) is 87.5 Å². The van der Waals surface area contributed by atoms with Gasteiger partial charge in [-0.25, -0.2) is 4.79 Å². The van der Waals surface area contributed by atoms with Crippen LogP contribution in [0.25, 0.3) is 0 Å². The number of nitrogens with two attached hydrogens (primary N) is 2. The number of hydrogen-bond donors (Lipinski definition) is 5. The molecule has 3 saturated heterocycles. The van der Waals surface area contributed by atoms with E-state index in [-0.39, 0.29) is 52.4 Å². The Hall–Kier alpha value is -6.27. The summed E-state index contributed by atoms with van der Waals surface area (Å²) < 4.78 is 72.1. The lowest BCUT2D eigenvalue weighted by Crippen LogP contribution is -2.60. The lowest BCUT2D eigenvalue weighted by molar-refractivity contribution is -0.291. The number of primary amides is 2. The van der Waals surface area contributed by atoms with Crippen molar-refractivity contribution in [3.05, 3.63) is 0 Å². The molecule has 0 unspecified atom stereocenters. The van der Waals surface area contributed by atoms with Crippen molar-refractivity contribution in [1.82, 2.24) is 16.0 Å². The highest BCUT2D eigenvalue weighted by Crippen LogP contribution is 2.36. The smallest absolute Gasteiger partial charge is 0.407 e. The molecule has 3 rings (SSSR count). The van der Waals surface area contributed by atoms with Crippen molar-refractivity contribution in [2.75, 3.05) is 52.7 Å². The van der Waals surface area contributed by atoms with E-state index in [4.69, 9.17) is 73.0 Å². The normalized spacial score (nSPS) is 26.4. The fourth-order valence-electron chi connectivity index (χ4n) is 7.94. The van der Waals surface area contributed by atoms with Crippen LogP contribution in [0.2, 0.25) is 0 Å². The molecule has 3 aliphatic heterocycles. The molecule has 3 fully saturated rings. The van der Waals surface area contributed by atoms with Crippen molar-refractivity contribution in [3.8, 4) is 0 Å². The van der Waals surface area contributed by atoms with Crippen molar-refractivity contribution >= 4 is 65.5 Å². The number of rotatable bonds is 28. The van der Waals surface area contributed by atoms with Gasteiger partial charge in [-0.05, 0) is 26.7 Å². The number of esters is 6. The van der Waals surface area contributed by atoms with Gasteiger partial charge in [0.05, 0.1) is 38.1 Å². The van der Waals surface area contributed by atoms with Gasteiger partial charge in [0.2, 0.25) is 23.6 Å². The minimum atomic E-state index is -1.51. The van der Waals surface area contributed by atoms with E-state index in [1.54, 1.807) is 13.8 Å². The van der Waals surface area contributed by atoms with E-state index in [1.165, 1.54) is 0 Å². The summed E-state index contributed by atoms with van der Waals surface area (Å²) in [6.07, 6.45) is -13.5. The molecule has 0 aliphatic carbocycles. The van der Waals surface area contributed by atoms with Crippen LogP contribution in [-0.2, 0) is 110 Å². The fraction of sp³-hybridized carbons (Fsp3) is 0.756. The van der Waals surface area contributed by atoms with Crippen molar-refractivity contribution in [3.63, 3.8) is 0 Å². The Bertz CT molecular complexity index is 1990. The molecular weight excluding hydrogens is 995 g/mol. The van der Waals surface area contributed by atoms with Gasteiger partial charge in [-0.15, -0.1) is 0 Å². The number of hydrogen-bond acceptors (Lipinski definition) is 24. The summed E-state index contributed by atoms with van der Waals surface area (Å²) in [6.45, 7) is 8.36. The topological polar surface area (TPSA) is 396 Å². The summed E-state index contributed by atoms with van der Waals surface area (Å²) in [5.41, 5.74) is 11.0. The molecule has 3 heterocycles. The quantitative estimate of drug-likeness (QED) is 0.0320. The average Bonchev–Trinajstić information content (AvgIpc) is 3.64. The fourth-order valence-corrected chi connectivity index (χ4v) is 7.94. The Kier molecular flexibility index (Phi) is 25.3. The predicted molar refractivity (Wildman–Crippen MR) is 242 cm³/mol. The molecule has 0 aromatic carbocycles. The summed E-state index contributed by atoms with van der Waals surface area (Å²) in [7, 11) is 0. The Morgan fingerprint density at radius 1 is 0.581 bits per heavy atom. The lowest BCUT2D eigenvalue weighted by atomic mass is 9.87. The molecule has 0 radical (unpaired) electrons. The Balaban J connectivity index is 1.68. The number of alkyl carbamates (subject to hydrolysis) is 1. The second kappa shape index (κ2) is 30.2. The first-order valence-corrected chi connectivity index (χ1v) is 23.6. The van der Waals surface area contributed by atoms with E-state index in [1.807, 2.05) is 0 Å². The van der Waals surface area contributed by atoms with Crippen LogP contribution < -0.4 is 27.4 Å². The molecule has 0 aromatic heterocycles. The predicted octanol–water partition coefficient (Wildman–Crippen LogP) is -2.05. The largest absolute Gasteiger partial charge is 0.463 e. The third-order valence-electron chi connectivity index (χ3n) is 10.8. The standard InChI is InChI=1S/C45H69N5O24/c1-22(51)64-20-32-39(70-26(5)55)37(68-24(3)53)29(15-34(46)57)42(72-32)62-13-9-11-48-36(59)17-31(50-44(61)66-18-28-19-67-45(7,8)74-28)41(60)49-12-10-14-63-43-30(16-35(47)58)38(69-25(4)54)40(71-27(6)56)33(73-43)21-65-23(2)52/h28-33,37-40,42-43H,9-21H2,1-8H3,(H2,46,57)(H2,47,58)(H,48,59)(H,49,60)(H,50,61)/t28-,29+,30+,31-,32+,33+,37+,38+,39-,40-,42+,43+/m0/s1. The number of amides is 5. The van der Waals surface area contributed by atoms with Gasteiger partial charge in [0.25, 0.3) is 0 Å². The van der Waals surface area contributed by atoms with Crippen molar-refractivity contribution in [2.45, 2.75) is 155 Å². The highest BCUT2D eigenvalue weighted by atomic mass is 16.8. The van der Waals surface area contributed by atoms with Gasteiger partial charge in [-0.2, -0.15) is 0 Å². The van der Waals surface area contributed by atoms with Crippen LogP contribution in [0.5, 0.6) is 0 Å². The molecule has 0 saturated carbocycles. The zero-order chi connectivity index (χ0) is 55.3. The van der Waals surface area contributed by atoms with E-state index in [9.17, 15) is 52.7 Å². The van der Waals surface area contributed by atoms with Gasteiger partial charge in [0.1, 0.15) is 56.4 Å². The molecule has 7 N–H and O–H groups in total.